The van der Waals surface area contributed by atoms with Crippen molar-refractivity contribution in [3.8, 4) is 0 Å². The maximum Gasteiger partial charge on any atom is 0.246 e. The van der Waals surface area contributed by atoms with Crippen LogP contribution in [0.15, 0.2) is 89.4 Å². The molecule has 3 rings (SSSR count). The van der Waals surface area contributed by atoms with Gasteiger partial charge in [0.15, 0.2) is 0 Å². The van der Waals surface area contributed by atoms with Crippen LogP contribution in [-0.4, -0.2) is 12.5 Å². The standard InChI is InChI=1S/C22H20BrNO2/c23-20-13-11-19(12-14-20)22(18-9-5-2-6-10-18)24-21(25)16-26-15-17-7-3-1-4-8-17/h1-14,22H,15-16H2,(H,24,25). The number of ether oxygens (including phenoxy) is 1. The van der Waals surface area contributed by atoms with Crippen LogP contribution in [0.5, 0.6) is 0 Å². The summed E-state index contributed by atoms with van der Waals surface area (Å²) < 4.78 is 6.56. The Kier molecular flexibility index (Phi) is 6.58. The quantitative estimate of drug-likeness (QED) is 0.604. The van der Waals surface area contributed by atoms with Crippen molar-refractivity contribution < 1.29 is 9.53 Å². The molecule has 4 heteroatoms. The lowest BCUT2D eigenvalue weighted by Gasteiger charge is -2.20. The average Bonchev–Trinajstić information content (AvgIpc) is 2.68. The van der Waals surface area contributed by atoms with E-state index in [1.807, 2.05) is 84.9 Å². The fourth-order valence-corrected chi connectivity index (χ4v) is 2.96. The van der Waals surface area contributed by atoms with Gasteiger partial charge in [0.05, 0.1) is 12.6 Å². The Morgan fingerprint density at radius 2 is 1.42 bits per heavy atom. The number of rotatable bonds is 7. The number of hydrogen-bond donors (Lipinski definition) is 1. The highest BCUT2D eigenvalue weighted by Gasteiger charge is 2.16. The van der Waals surface area contributed by atoms with Crippen LogP contribution in [0.4, 0.5) is 0 Å². The van der Waals surface area contributed by atoms with Crippen LogP contribution < -0.4 is 5.32 Å². The van der Waals surface area contributed by atoms with Crippen molar-refractivity contribution in [1.82, 2.24) is 5.32 Å². The molecule has 3 nitrogen and oxygen atoms in total. The summed E-state index contributed by atoms with van der Waals surface area (Å²) in [4.78, 5) is 12.4. The molecule has 1 amide bonds. The van der Waals surface area contributed by atoms with E-state index >= 15 is 0 Å². The third-order valence-corrected chi connectivity index (χ3v) is 4.51. The summed E-state index contributed by atoms with van der Waals surface area (Å²) >= 11 is 3.45. The van der Waals surface area contributed by atoms with E-state index in [0.717, 1.165) is 21.2 Å². The van der Waals surface area contributed by atoms with Gasteiger partial charge in [0.1, 0.15) is 6.61 Å². The maximum atomic E-state index is 12.4. The van der Waals surface area contributed by atoms with Crippen molar-refractivity contribution >= 4 is 21.8 Å². The highest BCUT2D eigenvalue weighted by atomic mass is 79.9. The van der Waals surface area contributed by atoms with E-state index in [1.165, 1.54) is 0 Å². The van der Waals surface area contributed by atoms with Gasteiger partial charge in [0.2, 0.25) is 5.91 Å². The third kappa shape index (κ3) is 5.28. The molecule has 26 heavy (non-hydrogen) atoms. The van der Waals surface area contributed by atoms with Crippen LogP contribution in [0.25, 0.3) is 0 Å². The summed E-state index contributed by atoms with van der Waals surface area (Å²) in [5, 5.41) is 3.08. The molecule has 1 unspecified atom stereocenters. The first-order valence-corrected chi connectivity index (χ1v) is 9.23. The molecule has 0 aliphatic rings. The van der Waals surface area contributed by atoms with Crippen LogP contribution in [0.2, 0.25) is 0 Å². The fourth-order valence-electron chi connectivity index (χ4n) is 2.70. The first kappa shape index (κ1) is 18.4. The predicted molar refractivity (Wildman–Crippen MR) is 107 cm³/mol. The average molecular weight is 410 g/mol. The molecular formula is C22H20BrNO2. The third-order valence-electron chi connectivity index (χ3n) is 3.99. The topological polar surface area (TPSA) is 38.3 Å². The summed E-state index contributed by atoms with van der Waals surface area (Å²) in [6, 6.07) is 27.5. The monoisotopic (exact) mass is 409 g/mol. The molecule has 0 heterocycles. The number of hydrogen-bond acceptors (Lipinski definition) is 2. The molecule has 3 aromatic carbocycles. The zero-order chi connectivity index (χ0) is 18.2. The Morgan fingerprint density at radius 1 is 0.846 bits per heavy atom. The largest absolute Gasteiger partial charge is 0.367 e. The molecule has 0 aliphatic carbocycles. The predicted octanol–water partition coefficient (Wildman–Crippen LogP) is 4.87. The molecule has 0 aliphatic heterocycles. The lowest BCUT2D eigenvalue weighted by molar-refractivity contribution is -0.126. The Balaban J connectivity index is 1.65. The lowest BCUT2D eigenvalue weighted by atomic mass is 9.99. The summed E-state index contributed by atoms with van der Waals surface area (Å²) in [5.41, 5.74) is 3.11. The van der Waals surface area contributed by atoms with Gasteiger partial charge in [0.25, 0.3) is 0 Å². The molecule has 0 aromatic heterocycles. The van der Waals surface area contributed by atoms with E-state index in [4.69, 9.17) is 4.74 Å². The first-order chi connectivity index (χ1) is 12.7. The van der Waals surface area contributed by atoms with Gasteiger partial charge in [0, 0.05) is 4.47 Å². The fraction of sp³-hybridized carbons (Fsp3) is 0.136. The SMILES string of the molecule is O=C(COCc1ccccc1)NC(c1ccccc1)c1ccc(Br)cc1. The second kappa shape index (κ2) is 9.32. The summed E-state index contributed by atoms with van der Waals surface area (Å²) in [6.07, 6.45) is 0. The zero-order valence-electron chi connectivity index (χ0n) is 14.3. The molecule has 0 bridgehead atoms. The van der Waals surface area contributed by atoms with Crippen LogP contribution in [0.3, 0.4) is 0 Å². The summed E-state index contributed by atoms with van der Waals surface area (Å²) in [5.74, 6) is -0.141. The molecule has 0 saturated carbocycles. The summed E-state index contributed by atoms with van der Waals surface area (Å²) in [7, 11) is 0. The Morgan fingerprint density at radius 3 is 2.08 bits per heavy atom. The van der Waals surface area contributed by atoms with Gasteiger partial charge in [-0.1, -0.05) is 88.7 Å². The highest BCUT2D eigenvalue weighted by Crippen LogP contribution is 2.23. The molecule has 1 atom stereocenters. The van der Waals surface area contributed by atoms with E-state index in [-0.39, 0.29) is 18.6 Å². The van der Waals surface area contributed by atoms with Gasteiger partial charge in [-0.05, 0) is 28.8 Å². The molecule has 1 N–H and O–H groups in total. The first-order valence-electron chi connectivity index (χ1n) is 8.44. The zero-order valence-corrected chi connectivity index (χ0v) is 15.9. The number of benzene rings is 3. The molecule has 0 radical (unpaired) electrons. The van der Waals surface area contributed by atoms with Crippen molar-refractivity contribution in [3.05, 3.63) is 106 Å². The van der Waals surface area contributed by atoms with Gasteiger partial charge in [-0.15, -0.1) is 0 Å². The van der Waals surface area contributed by atoms with E-state index in [0.29, 0.717) is 6.61 Å². The van der Waals surface area contributed by atoms with Crippen molar-refractivity contribution in [2.24, 2.45) is 0 Å². The molecule has 132 valence electrons. The van der Waals surface area contributed by atoms with Gasteiger partial charge < -0.3 is 10.1 Å². The van der Waals surface area contributed by atoms with E-state index < -0.39 is 0 Å². The molecule has 0 fully saturated rings. The van der Waals surface area contributed by atoms with Gasteiger partial charge in [-0.25, -0.2) is 0 Å². The van der Waals surface area contributed by atoms with Crippen molar-refractivity contribution in [2.75, 3.05) is 6.61 Å². The second-order valence-electron chi connectivity index (χ2n) is 5.94. The maximum absolute atomic E-state index is 12.4. The van der Waals surface area contributed by atoms with Gasteiger partial charge in [-0.2, -0.15) is 0 Å². The van der Waals surface area contributed by atoms with Crippen LogP contribution in [0.1, 0.15) is 22.7 Å². The second-order valence-corrected chi connectivity index (χ2v) is 6.86. The van der Waals surface area contributed by atoms with Crippen LogP contribution in [-0.2, 0) is 16.1 Å². The molecule has 0 saturated heterocycles. The van der Waals surface area contributed by atoms with Crippen molar-refractivity contribution in [3.63, 3.8) is 0 Å². The van der Waals surface area contributed by atoms with Crippen molar-refractivity contribution in [1.29, 1.82) is 0 Å². The Hall–Kier alpha value is -2.43. The Labute approximate surface area is 162 Å². The normalized spacial score (nSPS) is 11.7. The van der Waals surface area contributed by atoms with Crippen LogP contribution >= 0.6 is 15.9 Å². The van der Waals surface area contributed by atoms with E-state index in [9.17, 15) is 4.79 Å². The molecular weight excluding hydrogens is 390 g/mol. The minimum atomic E-state index is -0.211. The van der Waals surface area contributed by atoms with Crippen molar-refractivity contribution in [2.45, 2.75) is 12.6 Å². The van der Waals surface area contributed by atoms with E-state index in [1.54, 1.807) is 0 Å². The number of carbonyl (C=O) groups is 1. The van der Waals surface area contributed by atoms with E-state index in [2.05, 4.69) is 21.2 Å². The number of carbonyl (C=O) groups excluding carboxylic acids is 1. The Bertz CT molecular complexity index is 820. The number of amides is 1. The minimum absolute atomic E-state index is 0.0226. The van der Waals surface area contributed by atoms with Crippen LogP contribution in [0, 0.1) is 0 Å². The molecule has 3 aromatic rings. The number of nitrogens with one attached hydrogen (secondary N) is 1. The minimum Gasteiger partial charge on any atom is -0.367 e. The highest BCUT2D eigenvalue weighted by molar-refractivity contribution is 9.10. The van der Waals surface area contributed by atoms with Gasteiger partial charge in [-0.3, -0.25) is 4.79 Å². The smallest absolute Gasteiger partial charge is 0.246 e. The lowest BCUT2D eigenvalue weighted by Crippen LogP contribution is -2.32. The van der Waals surface area contributed by atoms with Gasteiger partial charge >= 0.3 is 0 Å². The molecule has 0 spiro atoms. The number of halogens is 1. The summed E-state index contributed by atoms with van der Waals surface area (Å²) in [6.45, 7) is 0.442.